The van der Waals surface area contributed by atoms with E-state index < -0.39 is 25.7 Å². The van der Waals surface area contributed by atoms with Gasteiger partial charge in [-0.1, -0.05) is 0 Å². The molecule has 0 aliphatic carbocycles. The van der Waals surface area contributed by atoms with Gasteiger partial charge in [0.05, 0.1) is 0 Å². The molecule has 9 nitrogen and oxygen atoms in total. The summed E-state index contributed by atoms with van der Waals surface area (Å²) in [6, 6.07) is -0.979. The van der Waals surface area contributed by atoms with Crippen molar-refractivity contribution in [2.75, 3.05) is 0 Å². The van der Waals surface area contributed by atoms with E-state index in [0.29, 0.717) is 0 Å². The summed E-state index contributed by atoms with van der Waals surface area (Å²) in [6.45, 7) is 0. The summed E-state index contributed by atoms with van der Waals surface area (Å²) in [7, 11) is -4.64. The molecule has 0 aromatic carbocycles. The predicted molar refractivity (Wildman–Crippen MR) is 56.8 cm³/mol. The maximum absolute atomic E-state index is 10.1. The lowest BCUT2D eigenvalue weighted by Crippen LogP contribution is -2.31. The lowest BCUT2D eigenvalue weighted by Gasteiger charge is -2.01. The molecule has 0 fully saturated rings. The molecule has 11 heteroatoms. The zero-order chi connectivity index (χ0) is 12.6. The number of rotatable bonds is 4. The Morgan fingerprint density at radius 3 is 1.75 bits per heavy atom. The summed E-state index contributed by atoms with van der Waals surface area (Å²) < 4.78 is 8.88. The third-order valence-corrected chi connectivity index (χ3v) is 1.02. The molecule has 8 N–H and O–H groups in total. The maximum atomic E-state index is 10.1. The molecule has 1 unspecified atom stereocenters. The second kappa shape index (κ2) is 9.96. The number of aliphatic carboxylic acids is 1. The topological polar surface area (TPSA) is 184 Å². The van der Waals surface area contributed by atoms with Crippen LogP contribution in [0.3, 0.4) is 0 Å². The number of nitrogens with two attached hydrogens (primary N) is 2. The molecular weight excluding hydrogens is 255 g/mol. The quantitative estimate of drug-likeness (QED) is 0.228. The largest absolute Gasteiger partial charge is 0.480 e. The normalized spacial score (nSPS) is 11.5. The number of carboxylic acid groups (broad SMARTS) is 1. The molecule has 1 amide bonds. The Morgan fingerprint density at radius 1 is 1.25 bits per heavy atom. The van der Waals surface area contributed by atoms with Gasteiger partial charge in [0, 0.05) is 6.42 Å². The van der Waals surface area contributed by atoms with Crippen LogP contribution in [0.2, 0.25) is 0 Å². The van der Waals surface area contributed by atoms with E-state index in [2.05, 4.69) is 0 Å². The molecule has 94 valence electrons. The number of amides is 1. The number of carboxylic acids is 1. The summed E-state index contributed by atoms with van der Waals surface area (Å²) in [4.78, 5) is 41.7. The summed E-state index contributed by atoms with van der Waals surface area (Å²) in [5.41, 5.74) is 9.81. The Morgan fingerprint density at radius 2 is 1.56 bits per heavy atom. The number of carbonyl (C=O) groups is 2. The number of primary amides is 1. The Labute approximate surface area is 107 Å². The first kappa shape index (κ1) is 21.1. The average molecular weight is 270 g/mol. The number of hydrogen-bond acceptors (Lipinski definition) is 4. The van der Waals surface area contributed by atoms with E-state index in [1.165, 1.54) is 0 Å². The first-order valence-electron chi connectivity index (χ1n) is 3.59. The fourth-order valence-electron chi connectivity index (χ4n) is 0.421. The van der Waals surface area contributed by atoms with Crippen LogP contribution in [0.15, 0.2) is 0 Å². The molecule has 0 rings (SSSR count). The van der Waals surface area contributed by atoms with Crippen LogP contribution in [0.1, 0.15) is 12.8 Å². The summed E-state index contributed by atoms with van der Waals surface area (Å²) in [6.07, 6.45) is 0.123. The van der Waals surface area contributed by atoms with Gasteiger partial charge < -0.3 is 31.3 Å². The van der Waals surface area contributed by atoms with E-state index >= 15 is 0 Å². The van der Waals surface area contributed by atoms with Gasteiger partial charge in [-0.3, -0.25) is 9.59 Å². The monoisotopic (exact) mass is 270 g/mol. The Kier molecular flexibility index (Phi) is 13.1. The van der Waals surface area contributed by atoms with Crippen molar-refractivity contribution in [3.8, 4) is 0 Å². The number of hydrogen-bond donors (Lipinski definition) is 6. The highest BCUT2D eigenvalue weighted by Gasteiger charge is 2.11. The summed E-state index contributed by atoms with van der Waals surface area (Å²) >= 11 is 0. The Bertz CT molecular complexity index is 259. The van der Waals surface area contributed by atoms with E-state index in [9.17, 15) is 9.59 Å². The Balaban J connectivity index is -0.000000242. The lowest BCUT2D eigenvalue weighted by atomic mass is 10.2. The fraction of sp³-hybridized carbons (Fsp3) is 0.600. The van der Waals surface area contributed by atoms with Crippen LogP contribution < -0.4 is 11.5 Å². The van der Waals surface area contributed by atoms with E-state index in [0.717, 1.165) is 0 Å². The van der Waals surface area contributed by atoms with Gasteiger partial charge in [0.25, 0.3) is 0 Å². The third kappa shape index (κ3) is 29.2. The average Bonchev–Trinajstić information content (AvgIpc) is 1.96. The van der Waals surface area contributed by atoms with E-state index in [1.807, 2.05) is 0 Å². The molecule has 0 spiro atoms. The van der Waals surface area contributed by atoms with Gasteiger partial charge in [-0.15, -0.1) is 0 Å². The molecule has 0 aliphatic heterocycles. The van der Waals surface area contributed by atoms with Crippen molar-refractivity contribution in [3.05, 3.63) is 0 Å². The lowest BCUT2D eigenvalue weighted by molar-refractivity contribution is -0.138. The highest BCUT2D eigenvalue weighted by atomic mass is 31.2. The Hall–Kier alpha value is -0.224. The van der Waals surface area contributed by atoms with Crippen LogP contribution in [-0.4, -0.2) is 60.8 Å². The van der Waals surface area contributed by atoms with Gasteiger partial charge >= 0.3 is 36.8 Å². The molecule has 0 aromatic heterocycles. The maximum Gasteiger partial charge on any atom is 0.466 e. The molecule has 0 aromatic rings. The van der Waals surface area contributed by atoms with Gasteiger partial charge in [0.2, 0.25) is 5.91 Å². The van der Waals surface area contributed by atoms with Crippen LogP contribution in [0.4, 0.5) is 0 Å². The van der Waals surface area contributed by atoms with Crippen molar-refractivity contribution >= 4 is 42.8 Å². The van der Waals surface area contributed by atoms with Crippen molar-refractivity contribution in [3.63, 3.8) is 0 Å². The van der Waals surface area contributed by atoms with Gasteiger partial charge in [-0.25, -0.2) is 4.57 Å². The minimum atomic E-state index is -4.64. The molecule has 0 saturated heterocycles. The fourth-order valence-corrected chi connectivity index (χ4v) is 0.421. The van der Waals surface area contributed by atoms with Gasteiger partial charge in [-0.05, 0) is 6.42 Å². The van der Waals surface area contributed by atoms with E-state index in [-0.39, 0.29) is 35.9 Å². The summed E-state index contributed by atoms with van der Waals surface area (Å²) in [5, 5.41) is 8.22. The minimum Gasteiger partial charge on any atom is -0.480 e. The van der Waals surface area contributed by atoms with E-state index in [1.54, 1.807) is 0 Å². The van der Waals surface area contributed by atoms with Crippen molar-refractivity contribution in [2.24, 2.45) is 11.5 Å². The molecule has 16 heavy (non-hydrogen) atoms. The standard InChI is InChI=1S/C5H10N2O3.Mg.H3O4P.2H/c6-3(5(9)10)1-2-4(7)8;;1-5(2,3)4;;/h3H,1-2,6H2,(H2,7,8)(H,9,10);;(H3,1,2,3,4);;. The highest BCUT2D eigenvalue weighted by molar-refractivity contribution is 7.45. The first-order valence-corrected chi connectivity index (χ1v) is 5.15. The first-order chi connectivity index (χ1) is 6.54. The van der Waals surface area contributed by atoms with Gasteiger partial charge in [0.1, 0.15) is 6.04 Å². The predicted octanol–water partition coefficient (Wildman–Crippen LogP) is -3.18. The van der Waals surface area contributed by atoms with Crippen molar-refractivity contribution in [2.45, 2.75) is 18.9 Å². The minimum absolute atomic E-state index is 0. The van der Waals surface area contributed by atoms with Crippen LogP contribution in [0, 0.1) is 0 Å². The van der Waals surface area contributed by atoms with Gasteiger partial charge in [0.15, 0.2) is 0 Å². The molecular formula is C5H15MgN2O7P. The smallest absolute Gasteiger partial charge is 0.466 e. The second-order valence-corrected chi connectivity index (χ2v) is 3.49. The zero-order valence-electron chi connectivity index (χ0n) is 7.61. The van der Waals surface area contributed by atoms with Crippen LogP contribution in [-0.2, 0) is 14.2 Å². The van der Waals surface area contributed by atoms with E-state index in [4.69, 9.17) is 35.8 Å². The van der Waals surface area contributed by atoms with Crippen LogP contribution in [0.25, 0.3) is 0 Å². The van der Waals surface area contributed by atoms with Crippen molar-refractivity contribution in [1.82, 2.24) is 0 Å². The second-order valence-electron chi connectivity index (χ2n) is 2.46. The third-order valence-electron chi connectivity index (χ3n) is 1.02. The SMILES string of the molecule is NC(=O)CCC(N)C(=O)O.O=P(O)(O)O.[MgH2]. The number of carbonyl (C=O) groups excluding carboxylic acids is 1. The molecule has 0 radical (unpaired) electrons. The summed E-state index contributed by atoms with van der Waals surface area (Å²) in [5.74, 6) is -1.64. The highest BCUT2D eigenvalue weighted by Crippen LogP contribution is 2.25. The molecule has 0 aliphatic rings. The molecule has 1 atom stereocenters. The van der Waals surface area contributed by atoms with Gasteiger partial charge in [-0.2, -0.15) is 0 Å². The van der Waals surface area contributed by atoms with Crippen molar-refractivity contribution < 1.29 is 33.9 Å². The molecule has 0 heterocycles. The van der Waals surface area contributed by atoms with Crippen molar-refractivity contribution in [1.29, 1.82) is 0 Å². The van der Waals surface area contributed by atoms with Crippen LogP contribution >= 0.6 is 7.82 Å². The molecule has 0 saturated carbocycles. The zero-order valence-corrected chi connectivity index (χ0v) is 8.50. The van der Waals surface area contributed by atoms with Crippen LogP contribution in [0.5, 0.6) is 0 Å². The number of phosphoric acid groups is 1. The molecule has 0 bridgehead atoms.